The van der Waals surface area contributed by atoms with Gasteiger partial charge in [0.25, 0.3) is 0 Å². The van der Waals surface area contributed by atoms with Gasteiger partial charge in [-0.2, -0.15) is 0 Å². The average molecular weight is 405 g/mol. The predicted octanol–water partition coefficient (Wildman–Crippen LogP) is 0.738. The minimum absolute atomic E-state index is 0.330. The van der Waals surface area contributed by atoms with Crippen LogP contribution in [0.25, 0.3) is 0 Å². The second-order valence-corrected chi connectivity index (χ2v) is 11.5. The molecule has 0 spiro atoms. The van der Waals surface area contributed by atoms with Crippen LogP contribution in [-0.4, -0.2) is 97.9 Å². The van der Waals surface area contributed by atoms with Crippen LogP contribution in [0.1, 0.15) is 45.4 Å². The highest BCUT2D eigenvalue weighted by Gasteiger charge is 2.51. The van der Waals surface area contributed by atoms with E-state index in [1.54, 1.807) is 0 Å². The summed E-state index contributed by atoms with van der Waals surface area (Å²) in [6.45, 7) is 9.81. The molecule has 29 heavy (non-hydrogen) atoms. The molecule has 0 radical (unpaired) electrons. The van der Waals surface area contributed by atoms with Gasteiger partial charge in [-0.15, -0.1) is 0 Å². The predicted molar refractivity (Wildman–Crippen MR) is 119 cm³/mol. The minimum atomic E-state index is 0.330. The quantitative estimate of drug-likeness (QED) is 0.628. The zero-order valence-corrected chi connectivity index (χ0v) is 18.9. The monoisotopic (exact) mass is 404 g/mol. The third kappa shape index (κ3) is 4.13. The number of nitrogens with zero attached hydrogens (tertiary/aromatic N) is 3. The Hall–Kier alpha value is -0.240. The van der Waals surface area contributed by atoms with Crippen molar-refractivity contribution in [1.82, 2.24) is 25.3 Å². The molecular formula is C23H44N6. The molecule has 3 heterocycles. The van der Waals surface area contributed by atoms with Crippen LogP contribution in [0.2, 0.25) is 0 Å². The smallest absolute Gasteiger partial charge is 0.0484 e. The Kier molecular flexibility index (Phi) is 5.72. The van der Waals surface area contributed by atoms with Crippen molar-refractivity contribution in [2.75, 3.05) is 53.5 Å². The molecule has 3 unspecified atom stereocenters. The molecular weight excluding hydrogens is 360 g/mol. The fourth-order valence-corrected chi connectivity index (χ4v) is 7.37. The molecule has 5 fully saturated rings. The number of hydrogen-bond acceptors (Lipinski definition) is 6. The van der Waals surface area contributed by atoms with E-state index in [1.165, 1.54) is 71.2 Å². The fourth-order valence-electron chi connectivity index (χ4n) is 7.37. The van der Waals surface area contributed by atoms with Crippen molar-refractivity contribution in [3.05, 3.63) is 0 Å². The van der Waals surface area contributed by atoms with Gasteiger partial charge in [-0.05, 0) is 90.4 Å². The molecule has 5 rings (SSSR count). The third-order valence-electron chi connectivity index (χ3n) is 9.29. The SMILES string of the molecule is CN1CCC(C)(NCN2C[C@H]3CC[C@@H](NC4C5C[C@@H](N)C4N(C)C5)C[C@H]3C2)CC1. The summed E-state index contributed by atoms with van der Waals surface area (Å²) >= 11 is 0. The zero-order chi connectivity index (χ0) is 20.2. The highest BCUT2D eigenvalue weighted by molar-refractivity contribution is 5.10. The molecule has 0 amide bonds. The number of rotatable bonds is 5. The van der Waals surface area contributed by atoms with Gasteiger partial charge in [-0.3, -0.25) is 15.1 Å². The molecule has 6 nitrogen and oxygen atoms in total. The van der Waals surface area contributed by atoms with Gasteiger partial charge in [0, 0.05) is 56.0 Å². The normalized spacial score (nSPS) is 45.7. The van der Waals surface area contributed by atoms with E-state index in [0.29, 0.717) is 29.7 Å². The van der Waals surface area contributed by atoms with Crippen molar-refractivity contribution in [2.45, 2.75) is 75.2 Å². The number of hydrogen-bond donors (Lipinski definition) is 3. The largest absolute Gasteiger partial charge is 0.326 e. The van der Waals surface area contributed by atoms with E-state index in [4.69, 9.17) is 5.73 Å². The Labute approximate surface area is 177 Å². The first-order valence-electron chi connectivity index (χ1n) is 12.3. The first kappa shape index (κ1) is 20.7. The lowest BCUT2D eigenvalue weighted by Crippen LogP contribution is -2.53. The summed E-state index contributed by atoms with van der Waals surface area (Å²) in [5.41, 5.74) is 6.75. The molecule has 0 aromatic carbocycles. The topological polar surface area (TPSA) is 59.8 Å². The van der Waals surface area contributed by atoms with E-state index in [9.17, 15) is 0 Å². The maximum atomic E-state index is 6.42. The molecule has 2 saturated carbocycles. The first-order valence-corrected chi connectivity index (χ1v) is 12.3. The molecule has 3 saturated heterocycles. The summed E-state index contributed by atoms with van der Waals surface area (Å²) in [7, 11) is 4.51. The van der Waals surface area contributed by atoms with Gasteiger partial charge in [-0.25, -0.2) is 0 Å². The summed E-state index contributed by atoms with van der Waals surface area (Å²) in [5, 5.41) is 8.04. The summed E-state index contributed by atoms with van der Waals surface area (Å²) in [5.74, 6) is 2.58. The highest BCUT2D eigenvalue weighted by atomic mass is 15.3. The van der Waals surface area contributed by atoms with Crippen molar-refractivity contribution >= 4 is 0 Å². The van der Waals surface area contributed by atoms with Gasteiger partial charge >= 0.3 is 0 Å². The lowest BCUT2D eigenvalue weighted by Gasteiger charge is -2.39. The fraction of sp³-hybridized carbons (Fsp3) is 1.00. The standard InChI is InChI=1S/C23H44N6/c1-23(6-8-27(2)9-7-23)25-15-29-13-16-4-5-19(10-17(16)14-29)26-21-18-11-20(24)22(21)28(3)12-18/h16-22,25-26H,4-15,24H2,1-3H3/t16-,17+,18?,19-,20-,21?,22?/m1/s1. The van der Waals surface area contributed by atoms with E-state index >= 15 is 0 Å². The molecule has 2 aliphatic carbocycles. The molecule has 7 atom stereocenters. The van der Waals surface area contributed by atoms with E-state index in [1.807, 2.05) is 0 Å². The summed E-state index contributed by atoms with van der Waals surface area (Å²) < 4.78 is 0. The van der Waals surface area contributed by atoms with Gasteiger partial charge in [0.05, 0.1) is 0 Å². The number of piperidine rings is 2. The van der Waals surface area contributed by atoms with Crippen LogP contribution in [0.15, 0.2) is 0 Å². The molecule has 2 bridgehead atoms. The number of nitrogens with one attached hydrogen (secondary N) is 2. The van der Waals surface area contributed by atoms with Crippen LogP contribution in [-0.2, 0) is 0 Å². The van der Waals surface area contributed by atoms with Gasteiger partial charge < -0.3 is 16.0 Å². The van der Waals surface area contributed by atoms with Crippen molar-refractivity contribution in [1.29, 1.82) is 0 Å². The van der Waals surface area contributed by atoms with Gasteiger partial charge in [0.2, 0.25) is 0 Å². The van der Waals surface area contributed by atoms with Crippen LogP contribution >= 0.6 is 0 Å². The Morgan fingerprint density at radius 2 is 1.72 bits per heavy atom. The van der Waals surface area contributed by atoms with E-state index < -0.39 is 0 Å². The van der Waals surface area contributed by atoms with Crippen molar-refractivity contribution < 1.29 is 0 Å². The maximum Gasteiger partial charge on any atom is 0.0484 e. The molecule has 5 aliphatic rings. The van der Waals surface area contributed by atoms with Gasteiger partial charge in [0.15, 0.2) is 0 Å². The molecule has 0 aromatic heterocycles. The first-order chi connectivity index (χ1) is 13.9. The number of fused-ring (bicyclic) bond motifs is 3. The van der Waals surface area contributed by atoms with Crippen molar-refractivity contribution in [3.63, 3.8) is 0 Å². The zero-order valence-electron chi connectivity index (χ0n) is 18.9. The Morgan fingerprint density at radius 3 is 2.45 bits per heavy atom. The van der Waals surface area contributed by atoms with Gasteiger partial charge in [-0.1, -0.05) is 0 Å². The van der Waals surface area contributed by atoms with Gasteiger partial charge in [0.1, 0.15) is 0 Å². The van der Waals surface area contributed by atoms with E-state index in [-0.39, 0.29) is 0 Å². The van der Waals surface area contributed by atoms with Crippen molar-refractivity contribution in [2.24, 2.45) is 23.5 Å². The highest BCUT2D eigenvalue weighted by Crippen LogP contribution is 2.40. The molecule has 6 heteroatoms. The molecule has 4 N–H and O–H groups in total. The van der Waals surface area contributed by atoms with Crippen molar-refractivity contribution in [3.8, 4) is 0 Å². The van der Waals surface area contributed by atoms with Crippen LogP contribution in [0.5, 0.6) is 0 Å². The van der Waals surface area contributed by atoms with Crippen LogP contribution < -0.4 is 16.4 Å². The lowest BCUT2D eigenvalue weighted by molar-refractivity contribution is 0.145. The number of nitrogens with two attached hydrogens (primary N) is 1. The Bertz CT molecular complexity index is 564. The lowest BCUT2D eigenvalue weighted by atomic mass is 9.79. The summed E-state index contributed by atoms with van der Waals surface area (Å²) in [4.78, 5) is 7.68. The van der Waals surface area contributed by atoms with Crippen LogP contribution in [0, 0.1) is 17.8 Å². The van der Waals surface area contributed by atoms with E-state index in [2.05, 4.69) is 46.4 Å². The average Bonchev–Trinajstić information content (AvgIpc) is 3.32. The molecule has 3 aliphatic heterocycles. The Balaban J connectivity index is 1.10. The Morgan fingerprint density at radius 1 is 0.966 bits per heavy atom. The molecule has 0 aromatic rings. The number of likely N-dealkylation sites (tertiary alicyclic amines) is 3. The summed E-state index contributed by atoms with van der Waals surface area (Å²) in [6.07, 6.45) is 7.91. The molecule has 166 valence electrons. The van der Waals surface area contributed by atoms with Crippen LogP contribution in [0.4, 0.5) is 0 Å². The number of likely N-dealkylation sites (N-methyl/N-ethyl adjacent to an activating group) is 1. The minimum Gasteiger partial charge on any atom is -0.326 e. The third-order valence-corrected chi connectivity index (χ3v) is 9.29. The van der Waals surface area contributed by atoms with E-state index in [0.717, 1.165) is 24.4 Å². The van der Waals surface area contributed by atoms with Crippen LogP contribution in [0.3, 0.4) is 0 Å². The second kappa shape index (κ2) is 8.03. The summed E-state index contributed by atoms with van der Waals surface area (Å²) in [6, 6.07) is 2.29. The maximum absolute atomic E-state index is 6.42. The second-order valence-electron chi connectivity index (χ2n) is 11.5.